The average Bonchev–Trinajstić information content (AvgIpc) is 3.10. The molecule has 28 heavy (non-hydrogen) atoms. The standard InChI is InChI=1S/C20H21N5O2S/c1-2-21-19(27)22-18(26)14-28-20-24-23-17(13-15-9-5-3-6-10-15)25(20)16-11-7-4-8-12-16/h3-12H,2,13-14H2,1H3,(H2,21,22,26,27). The van der Waals surface area contributed by atoms with Crippen LogP contribution in [-0.2, 0) is 11.2 Å². The molecule has 144 valence electrons. The van der Waals surface area contributed by atoms with Crippen LogP contribution < -0.4 is 10.6 Å². The van der Waals surface area contributed by atoms with Crippen LogP contribution in [0, 0.1) is 0 Å². The summed E-state index contributed by atoms with van der Waals surface area (Å²) in [5.41, 5.74) is 2.04. The highest BCUT2D eigenvalue weighted by atomic mass is 32.2. The molecule has 0 radical (unpaired) electrons. The third-order valence-corrected chi connectivity index (χ3v) is 4.77. The fraction of sp³-hybridized carbons (Fsp3) is 0.200. The molecular weight excluding hydrogens is 374 g/mol. The highest BCUT2D eigenvalue weighted by Gasteiger charge is 2.16. The smallest absolute Gasteiger partial charge is 0.321 e. The van der Waals surface area contributed by atoms with Crippen LogP contribution in [0.2, 0.25) is 0 Å². The fourth-order valence-electron chi connectivity index (χ4n) is 2.62. The Morgan fingerprint density at radius 2 is 1.68 bits per heavy atom. The lowest BCUT2D eigenvalue weighted by molar-refractivity contribution is -0.117. The maximum absolute atomic E-state index is 12.0. The van der Waals surface area contributed by atoms with E-state index in [9.17, 15) is 9.59 Å². The summed E-state index contributed by atoms with van der Waals surface area (Å²) in [4.78, 5) is 23.5. The second-order valence-electron chi connectivity index (χ2n) is 5.93. The van der Waals surface area contributed by atoms with Gasteiger partial charge in [-0.2, -0.15) is 0 Å². The average molecular weight is 395 g/mol. The molecule has 1 aromatic heterocycles. The number of amides is 3. The Bertz CT molecular complexity index is 928. The normalized spacial score (nSPS) is 10.5. The van der Waals surface area contributed by atoms with Crippen molar-refractivity contribution >= 4 is 23.7 Å². The summed E-state index contributed by atoms with van der Waals surface area (Å²) in [6.07, 6.45) is 0.619. The lowest BCUT2D eigenvalue weighted by atomic mass is 10.1. The van der Waals surface area contributed by atoms with Gasteiger partial charge in [-0.1, -0.05) is 60.3 Å². The van der Waals surface area contributed by atoms with Gasteiger partial charge in [0.2, 0.25) is 5.91 Å². The molecule has 0 aliphatic rings. The van der Waals surface area contributed by atoms with Gasteiger partial charge in [0.15, 0.2) is 5.16 Å². The second-order valence-corrected chi connectivity index (χ2v) is 6.87. The molecule has 0 atom stereocenters. The van der Waals surface area contributed by atoms with Crippen LogP contribution in [0.3, 0.4) is 0 Å². The van der Waals surface area contributed by atoms with E-state index in [-0.39, 0.29) is 11.7 Å². The first-order chi connectivity index (χ1) is 13.7. The predicted molar refractivity (Wildman–Crippen MR) is 109 cm³/mol. The number of imide groups is 1. The van der Waals surface area contributed by atoms with Gasteiger partial charge in [0.1, 0.15) is 5.82 Å². The van der Waals surface area contributed by atoms with Gasteiger partial charge in [-0.15, -0.1) is 10.2 Å². The van der Waals surface area contributed by atoms with Crippen molar-refractivity contribution in [1.82, 2.24) is 25.4 Å². The summed E-state index contributed by atoms with van der Waals surface area (Å²) in [7, 11) is 0. The lowest BCUT2D eigenvalue weighted by Crippen LogP contribution is -2.40. The number of hydrogen-bond acceptors (Lipinski definition) is 5. The summed E-state index contributed by atoms with van der Waals surface area (Å²) < 4.78 is 1.94. The Balaban J connectivity index is 1.79. The molecule has 3 aromatic rings. The summed E-state index contributed by atoms with van der Waals surface area (Å²) >= 11 is 1.24. The molecule has 1 heterocycles. The topological polar surface area (TPSA) is 88.9 Å². The van der Waals surface area contributed by atoms with Gasteiger partial charge in [-0.25, -0.2) is 4.79 Å². The minimum absolute atomic E-state index is 0.0629. The second kappa shape index (κ2) is 9.70. The molecule has 0 fully saturated rings. The van der Waals surface area contributed by atoms with Crippen LogP contribution in [0.25, 0.3) is 5.69 Å². The summed E-state index contributed by atoms with van der Waals surface area (Å²) in [6, 6.07) is 19.3. The van der Waals surface area contributed by atoms with Crippen molar-refractivity contribution in [3.8, 4) is 5.69 Å². The molecule has 0 spiro atoms. The summed E-state index contributed by atoms with van der Waals surface area (Å²) in [6.45, 7) is 2.24. The number of carbonyl (C=O) groups is 2. The number of aromatic nitrogens is 3. The maximum Gasteiger partial charge on any atom is 0.321 e. The van der Waals surface area contributed by atoms with E-state index in [4.69, 9.17) is 0 Å². The predicted octanol–water partition coefficient (Wildman–Crippen LogP) is 2.80. The quantitative estimate of drug-likeness (QED) is 0.601. The monoisotopic (exact) mass is 395 g/mol. The summed E-state index contributed by atoms with van der Waals surface area (Å²) in [5.74, 6) is 0.458. The van der Waals surface area contributed by atoms with Crippen LogP contribution in [0.1, 0.15) is 18.3 Å². The minimum Gasteiger partial charge on any atom is -0.338 e. The Kier molecular flexibility index (Phi) is 6.80. The van der Waals surface area contributed by atoms with Gasteiger partial charge in [0.25, 0.3) is 0 Å². The number of urea groups is 1. The third-order valence-electron chi connectivity index (χ3n) is 3.84. The zero-order chi connectivity index (χ0) is 19.8. The van der Waals surface area contributed by atoms with E-state index in [1.54, 1.807) is 6.92 Å². The zero-order valence-electron chi connectivity index (χ0n) is 15.5. The Labute approximate surface area is 167 Å². The SMILES string of the molecule is CCNC(=O)NC(=O)CSc1nnc(Cc2ccccc2)n1-c1ccccc1. The molecule has 0 bridgehead atoms. The first-order valence-electron chi connectivity index (χ1n) is 8.91. The number of rotatable bonds is 7. The van der Waals surface area contributed by atoms with Crippen LogP contribution in [0.5, 0.6) is 0 Å². The van der Waals surface area contributed by atoms with E-state index < -0.39 is 6.03 Å². The molecule has 2 aromatic carbocycles. The zero-order valence-corrected chi connectivity index (χ0v) is 16.3. The third kappa shape index (κ3) is 5.20. The van der Waals surface area contributed by atoms with Gasteiger partial charge < -0.3 is 5.32 Å². The molecule has 0 saturated heterocycles. The highest BCUT2D eigenvalue weighted by Crippen LogP contribution is 2.23. The van der Waals surface area contributed by atoms with Crippen LogP contribution in [0.4, 0.5) is 4.79 Å². The van der Waals surface area contributed by atoms with Crippen LogP contribution in [0.15, 0.2) is 65.8 Å². The summed E-state index contributed by atoms with van der Waals surface area (Å²) in [5, 5.41) is 14.0. The molecule has 0 aliphatic heterocycles. The van der Waals surface area contributed by atoms with Crippen molar-refractivity contribution < 1.29 is 9.59 Å². The number of thioether (sulfide) groups is 1. The van der Waals surface area contributed by atoms with E-state index in [0.717, 1.165) is 17.1 Å². The van der Waals surface area contributed by atoms with Gasteiger partial charge in [-0.05, 0) is 24.6 Å². The number of hydrogen-bond donors (Lipinski definition) is 2. The first-order valence-corrected chi connectivity index (χ1v) is 9.90. The minimum atomic E-state index is -0.498. The molecule has 3 rings (SSSR count). The molecule has 3 amide bonds. The molecule has 8 heteroatoms. The lowest BCUT2D eigenvalue weighted by Gasteiger charge is -2.10. The number of benzene rings is 2. The van der Waals surface area contributed by atoms with E-state index in [0.29, 0.717) is 18.1 Å². The molecule has 0 saturated carbocycles. The van der Waals surface area contributed by atoms with Crippen molar-refractivity contribution in [2.45, 2.75) is 18.5 Å². The van der Waals surface area contributed by atoms with Crippen LogP contribution >= 0.6 is 11.8 Å². The molecule has 0 aliphatic carbocycles. The van der Waals surface area contributed by atoms with Gasteiger partial charge in [-0.3, -0.25) is 14.7 Å². The van der Waals surface area contributed by atoms with E-state index in [2.05, 4.69) is 20.8 Å². The maximum atomic E-state index is 12.0. The van der Waals surface area contributed by atoms with Crippen molar-refractivity contribution in [2.24, 2.45) is 0 Å². The van der Waals surface area contributed by atoms with E-state index >= 15 is 0 Å². The van der Waals surface area contributed by atoms with Crippen molar-refractivity contribution in [3.05, 3.63) is 72.1 Å². The van der Waals surface area contributed by atoms with E-state index in [1.807, 2.05) is 65.2 Å². The largest absolute Gasteiger partial charge is 0.338 e. The molecule has 2 N–H and O–H groups in total. The van der Waals surface area contributed by atoms with Crippen molar-refractivity contribution in [3.63, 3.8) is 0 Å². The van der Waals surface area contributed by atoms with Crippen molar-refractivity contribution in [1.29, 1.82) is 0 Å². The van der Waals surface area contributed by atoms with Crippen molar-refractivity contribution in [2.75, 3.05) is 12.3 Å². The highest BCUT2D eigenvalue weighted by molar-refractivity contribution is 7.99. The number of para-hydroxylation sites is 1. The number of nitrogens with one attached hydrogen (secondary N) is 2. The molecule has 7 nitrogen and oxygen atoms in total. The van der Waals surface area contributed by atoms with Gasteiger partial charge in [0, 0.05) is 18.7 Å². The van der Waals surface area contributed by atoms with Gasteiger partial charge >= 0.3 is 6.03 Å². The number of nitrogens with zero attached hydrogens (tertiary/aromatic N) is 3. The number of carbonyl (C=O) groups excluding carboxylic acids is 2. The molecular formula is C20H21N5O2S. The fourth-order valence-corrected chi connectivity index (χ4v) is 3.39. The first kappa shape index (κ1) is 19.6. The van der Waals surface area contributed by atoms with Gasteiger partial charge in [0.05, 0.1) is 5.75 Å². The Morgan fingerprint density at radius 1 is 1.00 bits per heavy atom. The van der Waals surface area contributed by atoms with Crippen LogP contribution in [-0.4, -0.2) is 39.0 Å². The Morgan fingerprint density at radius 3 is 2.36 bits per heavy atom. The van der Waals surface area contributed by atoms with E-state index in [1.165, 1.54) is 11.8 Å². The molecule has 0 unspecified atom stereocenters. The Hall–Kier alpha value is -3.13.